The number of aliphatic hydroxyl groups is 1. The van der Waals surface area contributed by atoms with Crippen molar-refractivity contribution in [3.63, 3.8) is 0 Å². The van der Waals surface area contributed by atoms with E-state index in [1.807, 2.05) is 0 Å². The lowest BCUT2D eigenvalue weighted by Gasteiger charge is -2.45. The highest BCUT2D eigenvalue weighted by Crippen LogP contribution is 2.55. The molecule has 3 aromatic rings. The number of phenolic OH excluding ortho intramolecular Hbond substituents is 1. The van der Waals surface area contributed by atoms with Gasteiger partial charge in [-0.15, -0.1) is 0 Å². The average molecular weight is 439 g/mol. The van der Waals surface area contributed by atoms with Crippen molar-refractivity contribution in [1.29, 1.82) is 0 Å². The number of benzene rings is 2. The topological polar surface area (TPSA) is 85.4 Å². The highest BCUT2D eigenvalue weighted by molar-refractivity contribution is 6.32. The molecule has 0 saturated heterocycles. The number of aromatic hydroxyl groups is 1. The first-order chi connectivity index (χ1) is 14.0. The fourth-order valence-electron chi connectivity index (χ4n) is 4.29. The van der Waals surface area contributed by atoms with Gasteiger partial charge in [-0.1, -0.05) is 30.7 Å². The van der Waals surface area contributed by atoms with Crippen LogP contribution in [0.3, 0.4) is 0 Å². The van der Waals surface area contributed by atoms with E-state index < -0.39 is 30.2 Å². The van der Waals surface area contributed by atoms with Gasteiger partial charge in [-0.2, -0.15) is 13.2 Å². The Labute approximate surface area is 174 Å². The molecule has 158 valence electrons. The number of rotatable bonds is 2. The van der Waals surface area contributed by atoms with Gasteiger partial charge in [0.05, 0.1) is 11.1 Å². The number of anilines is 1. The molecule has 30 heavy (non-hydrogen) atoms. The minimum atomic E-state index is -4.95. The van der Waals surface area contributed by atoms with E-state index in [9.17, 15) is 28.2 Å². The van der Waals surface area contributed by atoms with E-state index in [1.54, 1.807) is 12.1 Å². The number of fused-ring (bicyclic) bond motifs is 2. The Balaban J connectivity index is 1.94. The van der Waals surface area contributed by atoms with Crippen molar-refractivity contribution in [3.05, 3.63) is 69.1 Å². The lowest BCUT2D eigenvalue weighted by Crippen LogP contribution is -2.55. The SMILES string of the molecule is CC1CC(O)(C(F)(F)F)C(Nc2cccc3c(=O)[nH]ccc23)c2ccc(Cl)c(O)c21. The Hall–Kier alpha value is -2.71. The molecule has 0 fully saturated rings. The van der Waals surface area contributed by atoms with E-state index in [1.165, 1.54) is 37.4 Å². The van der Waals surface area contributed by atoms with Crippen LogP contribution in [0.2, 0.25) is 5.02 Å². The Kier molecular flexibility index (Phi) is 4.74. The zero-order valence-electron chi connectivity index (χ0n) is 15.7. The number of aromatic nitrogens is 1. The molecule has 0 amide bonds. The van der Waals surface area contributed by atoms with Crippen LogP contribution in [0.5, 0.6) is 5.75 Å². The zero-order chi connectivity index (χ0) is 21.8. The van der Waals surface area contributed by atoms with E-state index in [-0.39, 0.29) is 33.1 Å². The number of hydrogen-bond acceptors (Lipinski definition) is 4. The molecule has 9 heteroatoms. The molecule has 0 bridgehead atoms. The number of aromatic amines is 1. The molecule has 3 unspecified atom stereocenters. The number of halogens is 4. The summed E-state index contributed by atoms with van der Waals surface area (Å²) < 4.78 is 42.2. The van der Waals surface area contributed by atoms with Crippen LogP contribution in [0.25, 0.3) is 10.8 Å². The molecule has 4 N–H and O–H groups in total. The smallest absolute Gasteiger partial charge is 0.419 e. The van der Waals surface area contributed by atoms with Crippen LogP contribution in [0.4, 0.5) is 18.9 Å². The second kappa shape index (κ2) is 6.92. The van der Waals surface area contributed by atoms with E-state index in [4.69, 9.17) is 11.6 Å². The predicted octanol–water partition coefficient (Wildman–Crippen LogP) is 4.84. The summed E-state index contributed by atoms with van der Waals surface area (Å²) in [6, 6.07) is 7.24. The monoisotopic (exact) mass is 438 g/mol. The van der Waals surface area contributed by atoms with Crippen LogP contribution < -0.4 is 10.9 Å². The van der Waals surface area contributed by atoms with Gasteiger partial charge in [0, 0.05) is 28.2 Å². The van der Waals surface area contributed by atoms with Gasteiger partial charge in [-0.3, -0.25) is 4.79 Å². The summed E-state index contributed by atoms with van der Waals surface area (Å²) in [7, 11) is 0. The van der Waals surface area contributed by atoms with Crippen LogP contribution in [0, 0.1) is 0 Å². The maximum absolute atomic E-state index is 14.1. The van der Waals surface area contributed by atoms with Crippen molar-refractivity contribution in [1.82, 2.24) is 4.98 Å². The van der Waals surface area contributed by atoms with Crippen molar-refractivity contribution in [3.8, 4) is 5.75 Å². The molecule has 0 saturated carbocycles. The number of nitrogens with one attached hydrogen (secondary N) is 2. The minimum absolute atomic E-state index is 0.0218. The maximum atomic E-state index is 14.1. The van der Waals surface area contributed by atoms with Crippen LogP contribution in [-0.2, 0) is 0 Å². The summed E-state index contributed by atoms with van der Waals surface area (Å²) in [5.41, 5.74) is -2.89. The fraction of sp³-hybridized carbons (Fsp3) is 0.286. The standard InChI is InChI=1S/C21H18ClF3N2O3/c1-10-9-20(30,21(23,24)25)18(13-5-6-14(22)17(28)16(10)13)27-15-4-2-3-12-11(15)7-8-26-19(12)29/h2-8,10,18,27-28,30H,9H2,1H3,(H,26,29). The molecular weight excluding hydrogens is 421 g/mol. The predicted molar refractivity (Wildman–Crippen MR) is 108 cm³/mol. The van der Waals surface area contributed by atoms with Gasteiger partial charge in [-0.25, -0.2) is 0 Å². The Morgan fingerprint density at radius 1 is 1.20 bits per heavy atom. The molecule has 5 nitrogen and oxygen atoms in total. The van der Waals surface area contributed by atoms with Gasteiger partial charge in [-0.05, 0) is 42.2 Å². The normalized spacial score (nSPS) is 23.9. The third-order valence-electron chi connectivity index (χ3n) is 5.71. The number of phenols is 1. The first kappa shape index (κ1) is 20.6. The van der Waals surface area contributed by atoms with Crippen molar-refractivity contribution in [2.75, 3.05) is 5.32 Å². The summed E-state index contributed by atoms with van der Waals surface area (Å²) >= 11 is 5.98. The summed E-state index contributed by atoms with van der Waals surface area (Å²) in [4.78, 5) is 14.6. The lowest BCUT2D eigenvalue weighted by molar-refractivity contribution is -0.272. The van der Waals surface area contributed by atoms with E-state index >= 15 is 0 Å². The van der Waals surface area contributed by atoms with Crippen LogP contribution in [0.15, 0.2) is 47.4 Å². The van der Waals surface area contributed by atoms with Gasteiger partial charge in [0.15, 0.2) is 5.60 Å². The van der Waals surface area contributed by atoms with Crippen molar-refractivity contribution in [2.45, 2.75) is 37.1 Å². The third kappa shape index (κ3) is 3.02. The number of hydrogen-bond donors (Lipinski definition) is 4. The highest BCUT2D eigenvalue weighted by Gasteiger charge is 2.62. The van der Waals surface area contributed by atoms with Crippen molar-refractivity contribution >= 4 is 28.1 Å². The Bertz CT molecular complexity index is 1190. The number of H-pyrrole nitrogens is 1. The molecule has 4 rings (SSSR count). The first-order valence-electron chi connectivity index (χ1n) is 9.22. The molecule has 1 aliphatic rings. The molecule has 1 aromatic heterocycles. The van der Waals surface area contributed by atoms with Gasteiger partial charge in [0.2, 0.25) is 0 Å². The quantitative estimate of drug-likeness (QED) is 0.461. The second-order valence-electron chi connectivity index (χ2n) is 7.58. The van der Waals surface area contributed by atoms with Gasteiger partial charge >= 0.3 is 6.18 Å². The fourth-order valence-corrected chi connectivity index (χ4v) is 4.45. The largest absolute Gasteiger partial charge is 0.506 e. The van der Waals surface area contributed by atoms with E-state index in [0.717, 1.165) is 0 Å². The van der Waals surface area contributed by atoms with Crippen LogP contribution in [-0.4, -0.2) is 27.0 Å². The Morgan fingerprint density at radius 2 is 1.93 bits per heavy atom. The third-order valence-corrected chi connectivity index (χ3v) is 6.01. The molecule has 1 aliphatic carbocycles. The molecule has 0 radical (unpaired) electrons. The van der Waals surface area contributed by atoms with Crippen molar-refractivity contribution in [2.24, 2.45) is 0 Å². The van der Waals surface area contributed by atoms with Crippen LogP contribution in [0.1, 0.15) is 36.4 Å². The minimum Gasteiger partial charge on any atom is -0.506 e. The van der Waals surface area contributed by atoms with E-state index in [0.29, 0.717) is 10.8 Å². The highest BCUT2D eigenvalue weighted by atomic mass is 35.5. The first-order valence-corrected chi connectivity index (χ1v) is 9.59. The molecule has 2 aromatic carbocycles. The molecule has 0 aliphatic heterocycles. The van der Waals surface area contributed by atoms with E-state index in [2.05, 4.69) is 10.3 Å². The second-order valence-corrected chi connectivity index (χ2v) is 7.98. The lowest BCUT2D eigenvalue weighted by atomic mass is 9.70. The zero-order valence-corrected chi connectivity index (χ0v) is 16.5. The van der Waals surface area contributed by atoms with Gasteiger partial charge in [0.1, 0.15) is 5.75 Å². The van der Waals surface area contributed by atoms with Gasteiger partial charge in [0.25, 0.3) is 5.56 Å². The molecule has 0 spiro atoms. The summed E-state index contributed by atoms with van der Waals surface area (Å²) in [6.07, 6.45) is -4.22. The average Bonchev–Trinajstić information content (AvgIpc) is 2.67. The van der Waals surface area contributed by atoms with Crippen molar-refractivity contribution < 1.29 is 23.4 Å². The Morgan fingerprint density at radius 3 is 2.63 bits per heavy atom. The summed E-state index contributed by atoms with van der Waals surface area (Å²) in [5, 5.41) is 24.8. The molecule has 3 atom stereocenters. The maximum Gasteiger partial charge on any atom is 0.419 e. The molecular formula is C21H18ClF3N2O3. The number of pyridine rings is 1. The van der Waals surface area contributed by atoms with Crippen LogP contribution >= 0.6 is 11.6 Å². The summed E-state index contributed by atoms with van der Waals surface area (Å²) in [6.45, 7) is 1.50. The molecule has 1 heterocycles. The van der Waals surface area contributed by atoms with Gasteiger partial charge < -0.3 is 20.5 Å². The number of alkyl halides is 3. The summed E-state index contributed by atoms with van der Waals surface area (Å²) in [5.74, 6) is -1.09.